The van der Waals surface area contributed by atoms with Gasteiger partial charge in [0.15, 0.2) is 11.5 Å². The molecule has 1 amide bonds. The number of nitrogens with one attached hydrogen (secondary N) is 2. The first-order valence-corrected chi connectivity index (χ1v) is 7.10. The second-order valence-corrected chi connectivity index (χ2v) is 4.88. The van der Waals surface area contributed by atoms with Gasteiger partial charge in [-0.3, -0.25) is 9.78 Å². The molecular weight excluding hydrogens is 282 g/mol. The Balaban J connectivity index is 1.40. The van der Waals surface area contributed by atoms with Crippen molar-refractivity contribution in [1.82, 2.24) is 10.3 Å². The van der Waals surface area contributed by atoms with Crippen LogP contribution in [-0.2, 0) is 11.3 Å². The maximum Gasteiger partial charge on any atom is 0.231 e. The number of nitrogens with zero attached hydrogens (tertiary/aromatic N) is 1. The molecule has 3 rings (SSSR count). The zero-order valence-electron chi connectivity index (χ0n) is 12.0. The largest absolute Gasteiger partial charge is 0.454 e. The maximum absolute atomic E-state index is 11.8. The van der Waals surface area contributed by atoms with Crippen molar-refractivity contribution in [2.75, 3.05) is 18.7 Å². The molecule has 1 aromatic heterocycles. The molecule has 0 radical (unpaired) electrons. The number of hydrogen-bond acceptors (Lipinski definition) is 5. The predicted octanol–water partition coefficient (Wildman–Crippen LogP) is 1.93. The van der Waals surface area contributed by atoms with E-state index in [1.54, 1.807) is 12.4 Å². The van der Waals surface area contributed by atoms with Crippen LogP contribution in [0.15, 0.2) is 42.7 Å². The first-order chi connectivity index (χ1) is 10.8. The van der Waals surface area contributed by atoms with Crippen molar-refractivity contribution >= 4 is 11.6 Å². The van der Waals surface area contributed by atoms with Crippen molar-refractivity contribution in [2.45, 2.75) is 13.0 Å². The molecule has 0 unspecified atom stereocenters. The molecule has 0 aliphatic carbocycles. The van der Waals surface area contributed by atoms with E-state index in [4.69, 9.17) is 9.47 Å². The first-order valence-electron chi connectivity index (χ1n) is 7.10. The molecule has 22 heavy (non-hydrogen) atoms. The monoisotopic (exact) mass is 299 g/mol. The lowest BCUT2D eigenvalue weighted by Gasteiger charge is -2.08. The zero-order chi connectivity index (χ0) is 15.2. The highest BCUT2D eigenvalue weighted by atomic mass is 16.7. The normalized spacial score (nSPS) is 12.0. The quantitative estimate of drug-likeness (QED) is 0.852. The van der Waals surface area contributed by atoms with E-state index in [0.717, 1.165) is 22.7 Å². The van der Waals surface area contributed by atoms with Gasteiger partial charge in [0, 0.05) is 43.7 Å². The molecule has 114 valence electrons. The lowest BCUT2D eigenvalue weighted by Crippen LogP contribution is -2.24. The highest BCUT2D eigenvalue weighted by Crippen LogP contribution is 2.34. The number of pyridine rings is 1. The summed E-state index contributed by atoms with van der Waals surface area (Å²) in [6, 6.07) is 9.41. The van der Waals surface area contributed by atoms with Crippen molar-refractivity contribution in [3.05, 3.63) is 48.3 Å². The number of benzene rings is 1. The Morgan fingerprint density at radius 2 is 2.14 bits per heavy atom. The summed E-state index contributed by atoms with van der Waals surface area (Å²) in [6.07, 6.45) is 3.85. The molecule has 0 saturated carbocycles. The third kappa shape index (κ3) is 3.66. The molecule has 0 saturated heterocycles. The SMILES string of the molecule is O=C(CCNc1ccc2c(c1)OCO2)NCc1cccnc1. The molecule has 6 nitrogen and oxygen atoms in total. The number of amides is 1. The van der Waals surface area contributed by atoms with E-state index in [9.17, 15) is 4.79 Å². The van der Waals surface area contributed by atoms with Crippen LogP contribution in [0.3, 0.4) is 0 Å². The second kappa shape index (κ2) is 6.80. The summed E-state index contributed by atoms with van der Waals surface area (Å²) in [5.74, 6) is 1.47. The molecule has 0 fully saturated rings. The van der Waals surface area contributed by atoms with Gasteiger partial charge in [0.2, 0.25) is 12.7 Å². The lowest BCUT2D eigenvalue weighted by atomic mass is 10.2. The van der Waals surface area contributed by atoms with Gasteiger partial charge in [-0.15, -0.1) is 0 Å². The maximum atomic E-state index is 11.8. The summed E-state index contributed by atoms with van der Waals surface area (Å²) in [4.78, 5) is 15.8. The van der Waals surface area contributed by atoms with Crippen LogP contribution >= 0.6 is 0 Å². The fourth-order valence-electron chi connectivity index (χ4n) is 2.12. The average Bonchev–Trinajstić information content (AvgIpc) is 3.02. The molecule has 1 aliphatic heterocycles. The van der Waals surface area contributed by atoms with E-state index >= 15 is 0 Å². The number of anilines is 1. The molecule has 0 bridgehead atoms. The number of carbonyl (C=O) groups is 1. The molecule has 1 aromatic carbocycles. The first kappa shape index (κ1) is 14.2. The Morgan fingerprint density at radius 3 is 3.00 bits per heavy atom. The van der Waals surface area contributed by atoms with Gasteiger partial charge >= 0.3 is 0 Å². The summed E-state index contributed by atoms with van der Waals surface area (Å²) in [5.41, 5.74) is 1.89. The predicted molar refractivity (Wildman–Crippen MR) is 81.8 cm³/mol. The molecule has 2 aromatic rings. The van der Waals surface area contributed by atoms with Crippen LogP contribution in [0.5, 0.6) is 11.5 Å². The number of carbonyl (C=O) groups excluding carboxylic acids is 1. The van der Waals surface area contributed by atoms with Crippen LogP contribution in [0, 0.1) is 0 Å². The van der Waals surface area contributed by atoms with Crippen LogP contribution in [0.4, 0.5) is 5.69 Å². The minimum atomic E-state index is -0.00269. The van der Waals surface area contributed by atoms with Gasteiger partial charge in [-0.1, -0.05) is 6.07 Å². The van der Waals surface area contributed by atoms with Gasteiger partial charge in [-0.25, -0.2) is 0 Å². The Hall–Kier alpha value is -2.76. The summed E-state index contributed by atoms with van der Waals surface area (Å²) in [5, 5.41) is 6.06. The van der Waals surface area contributed by atoms with Crippen molar-refractivity contribution in [3.63, 3.8) is 0 Å². The van der Waals surface area contributed by atoms with E-state index in [2.05, 4.69) is 15.6 Å². The van der Waals surface area contributed by atoms with Crippen LogP contribution in [0.25, 0.3) is 0 Å². The minimum absolute atomic E-state index is 0.00269. The number of rotatable bonds is 6. The molecule has 2 N–H and O–H groups in total. The van der Waals surface area contributed by atoms with Gasteiger partial charge in [0.1, 0.15) is 0 Å². The van der Waals surface area contributed by atoms with Gasteiger partial charge in [0.25, 0.3) is 0 Å². The fourth-order valence-corrected chi connectivity index (χ4v) is 2.12. The third-order valence-corrected chi connectivity index (χ3v) is 3.27. The molecule has 6 heteroatoms. The molecule has 0 atom stereocenters. The average molecular weight is 299 g/mol. The van der Waals surface area contributed by atoms with E-state index in [1.165, 1.54) is 0 Å². The summed E-state index contributed by atoms with van der Waals surface area (Å²) >= 11 is 0. The van der Waals surface area contributed by atoms with Gasteiger partial charge < -0.3 is 20.1 Å². The van der Waals surface area contributed by atoms with E-state index < -0.39 is 0 Å². The van der Waals surface area contributed by atoms with E-state index in [-0.39, 0.29) is 12.7 Å². The van der Waals surface area contributed by atoms with E-state index in [0.29, 0.717) is 19.5 Å². The van der Waals surface area contributed by atoms with Gasteiger partial charge in [-0.05, 0) is 23.8 Å². The molecule has 2 heterocycles. The number of hydrogen-bond donors (Lipinski definition) is 2. The van der Waals surface area contributed by atoms with Crippen molar-refractivity contribution in [2.24, 2.45) is 0 Å². The fraction of sp³-hybridized carbons (Fsp3) is 0.250. The Labute approximate surface area is 128 Å². The number of aromatic nitrogens is 1. The number of ether oxygens (including phenoxy) is 2. The number of fused-ring (bicyclic) bond motifs is 1. The van der Waals surface area contributed by atoms with Crippen LogP contribution in [-0.4, -0.2) is 24.2 Å². The highest BCUT2D eigenvalue weighted by molar-refractivity contribution is 5.76. The molecule has 0 spiro atoms. The second-order valence-electron chi connectivity index (χ2n) is 4.88. The molecule has 1 aliphatic rings. The van der Waals surface area contributed by atoms with Crippen LogP contribution in [0.1, 0.15) is 12.0 Å². The Morgan fingerprint density at radius 1 is 1.23 bits per heavy atom. The zero-order valence-corrected chi connectivity index (χ0v) is 12.0. The summed E-state index contributed by atoms with van der Waals surface area (Å²) in [7, 11) is 0. The van der Waals surface area contributed by atoms with Crippen LogP contribution < -0.4 is 20.1 Å². The standard InChI is InChI=1S/C16H17N3O3/c20-16(19-10-12-2-1-6-17-9-12)5-7-18-13-3-4-14-15(8-13)22-11-21-14/h1-4,6,8-9,18H,5,7,10-11H2,(H,19,20). The van der Waals surface area contributed by atoms with Crippen molar-refractivity contribution in [3.8, 4) is 11.5 Å². The summed E-state index contributed by atoms with van der Waals surface area (Å²) in [6.45, 7) is 1.31. The Bertz CT molecular complexity index is 646. The third-order valence-electron chi connectivity index (χ3n) is 3.27. The van der Waals surface area contributed by atoms with Crippen LogP contribution in [0.2, 0.25) is 0 Å². The van der Waals surface area contributed by atoms with Gasteiger partial charge in [-0.2, -0.15) is 0 Å². The van der Waals surface area contributed by atoms with Crippen molar-refractivity contribution < 1.29 is 14.3 Å². The topological polar surface area (TPSA) is 72.5 Å². The summed E-state index contributed by atoms with van der Waals surface area (Å²) < 4.78 is 10.6. The van der Waals surface area contributed by atoms with E-state index in [1.807, 2.05) is 30.3 Å². The minimum Gasteiger partial charge on any atom is -0.454 e. The molecular formula is C16H17N3O3. The highest BCUT2D eigenvalue weighted by Gasteiger charge is 2.13. The Kier molecular flexibility index (Phi) is 4.38. The lowest BCUT2D eigenvalue weighted by molar-refractivity contribution is -0.121. The smallest absolute Gasteiger partial charge is 0.231 e. The van der Waals surface area contributed by atoms with Crippen molar-refractivity contribution in [1.29, 1.82) is 0 Å². The van der Waals surface area contributed by atoms with Gasteiger partial charge in [0.05, 0.1) is 0 Å².